The normalized spacial score (nSPS) is 16.2. The monoisotopic (exact) mass is 506 g/mol. The highest BCUT2D eigenvalue weighted by Crippen LogP contribution is 2.25. The van der Waals surface area contributed by atoms with Crippen LogP contribution in [0.1, 0.15) is 34.5 Å². The highest BCUT2D eigenvalue weighted by Gasteiger charge is 2.31. The van der Waals surface area contributed by atoms with Gasteiger partial charge in [0.25, 0.3) is 5.91 Å². The molecular formula is C24H24ClFN2O5S. The number of ether oxygens (including phenoxy) is 1. The Morgan fingerprint density at radius 1 is 1.24 bits per heavy atom. The minimum atomic E-state index is -4.10. The Labute approximate surface area is 202 Å². The fourth-order valence-corrected chi connectivity index (χ4v) is 5.34. The van der Waals surface area contributed by atoms with Crippen molar-refractivity contribution in [3.8, 4) is 0 Å². The van der Waals surface area contributed by atoms with E-state index in [4.69, 9.17) is 20.8 Å². The van der Waals surface area contributed by atoms with Crippen molar-refractivity contribution in [3.63, 3.8) is 0 Å². The second-order valence-corrected chi connectivity index (χ2v) is 10.4. The maximum Gasteiger partial charge on any atom is 0.258 e. The highest BCUT2D eigenvalue weighted by molar-refractivity contribution is 7.89. The van der Waals surface area contributed by atoms with Gasteiger partial charge in [-0.3, -0.25) is 4.79 Å². The lowest BCUT2D eigenvalue weighted by molar-refractivity contribution is 0.0914. The first-order valence-electron chi connectivity index (χ1n) is 10.8. The number of sulfonamides is 1. The number of carbonyl (C=O) groups excluding carboxylic acids is 1. The number of furan rings is 1. The van der Waals surface area contributed by atoms with Crippen molar-refractivity contribution in [2.24, 2.45) is 0 Å². The molecule has 1 saturated heterocycles. The van der Waals surface area contributed by atoms with Gasteiger partial charge in [-0.05, 0) is 67.8 Å². The molecule has 2 heterocycles. The zero-order chi connectivity index (χ0) is 24.3. The molecule has 1 aromatic heterocycles. The third-order valence-electron chi connectivity index (χ3n) is 5.59. The van der Waals surface area contributed by atoms with E-state index in [0.717, 1.165) is 36.6 Å². The van der Waals surface area contributed by atoms with E-state index in [0.29, 0.717) is 23.1 Å². The lowest BCUT2D eigenvalue weighted by Crippen LogP contribution is -2.37. The molecule has 4 rings (SSSR count). The molecule has 0 bridgehead atoms. The van der Waals surface area contributed by atoms with E-state index in [1.54, 1.807) is 30.3 Å². The van der Waals surface area contributed by atoms with E-state index < -0.39 is 27.3 Å². The number of carbonyl (C=O) groups is 1. The third kappa shape index (κ3) is 5.50. The largest absolute Gasteiger partial charge is 0.468 e. The fourth-order valence-electron chi connectivity index (χ4n) is 3.70. The molecule has 10 heteroatoms. The van der Waals surface area contributed by atoms with Crippen LogP contribution in [0.3, 0.4) is 0 Å². The molecule has 1 fully saturated rings. The summed E-state index contributed by atoms with van der Waals surface area (Å²) in [7, 11) is -4.10. The maximum absolute atomic E-state index is 14.6. The Morgan fingerprint density at radius 2 is 2.06 bits per heavy atom. The number of anilines is 1. The fraction of sp³-hybridized carbons (Fsp3) is 0.292. The molecule has 0 aliphatic carbocycles. The zero-order valence-corrected chi connectivity index (χ0v) is 20.0. The quantitative estimate of drug-likeness (QED) is 0.464. The van der Waals surface area contributed by atoms with Crippen LogP contribution >= 0.6 is 11.6 Å². The van der Waals surface area contributed by atoms with Crippen LogP contribution in [-0.2, 0) is 21.3 Å². The SMILES string of the molecule is Cc1ccc(NC(=O)c2cc(S(=O)(=O)N(Cc3ccco3)CC3CCCO3)ccc2F)cc1Cl. The van der Waals surface area contributed by atoms with Crippen molar-refractivity contribution in [2.45, 2.75) is 37.3 Å². The summed E-state index contributed by atoms with van der Waals surface area (Å²) in [5.41, 5.74) is 0.792. The third-order valence-corrected chi connectivity index (χ3v) is 7.81. The first-order chi connectivity index (χ1) is 16.2. The van der Waals surface area contributed by atoms with Crippen molar-refractivity contribution < 1.29 is 26.8 Å². The molecule has 1 aliphatic rings. The summed E-state index contributed by atoms with van der Waals surface area (Å²) < 4.78 is 53.8. The summed E-state index contributed by atoms with van der Waals surface area (Å²) in [5, 5.41) is 3.01. The Bertz CT molecular complexity index is 1270. The molecule has 1 N–H and O–H groups in total. The van der Waals surface area contributed by atoms with E-state index in [2.05, 4.69) is 5.32 Å². The number of aryl methyl sites for hydroxylation is 1. The van der Waals surface area contributed by atoms with Crippen LogP contribution in [0, 0.1) is 12.7 Å². The molecule has 0 radical (unpaired) electrons. The van der Waals surface area contributed by atoms with Crippen molar-refractivity contribution in [1.82, 2.24) is 4.31 Å². The number of nitrogens with zero attached hydrogens (tertiary/aromatic N) is 1. The van der Waals surface area contributed by atoms with Crippen LogP contribution in [-0.4, -0.2) is 37.9 Å². The van der Waals surface area contributed by atoms with E-state index >= 15 is 0 Å². The van der Waals surface area contributed by atoms with Crippen LogP contribution in [0.5, 0.6) is 0 Å². The average molecular weight is 507 g/mol. The van der Waals surface area contributed by atoms with Gasteiger partial charge in [0, 0.05) is 23.9 Å². The van der Waals surface area contributed by atoms with E-state index in [1.165, 1.54) is 10.6 Å². The maximum atomic E-state index is 14.6. The second-order valence-electron chi connectivity index (χ2n) is 8.07. The number of nitrogens with one attached hydrogen (secondary N) is 1. The zero-order valence-electron chi connectivity index (χ0n) is 18.5. The van der Waals surface area contributed by atoms with Crippen LogP contribution in [0.2, 0.25) is 5.02 Å². The molecule has 34 heavy (non-hydrogen) atoms. The number of hydrogen-bond donors (Lipinski definition) is 1. The van der Waals surface area contributed by atoms with Crippen LogP contribution in [0.4, 0.5) is 10.1 Å². The van der Waals surface area contributed by atoms with Crippen molar-refractivity contribution in [2.75, 3.05) is 18.5 Å². The predicted molar refractivity (Wildman–Crippen MR) is 126 cm³/mol. The summed E-state index contributed by atoms with van der Waals surface area (Å²) in [5.74, 6) is -1.17. The molecule has 3 aromatic rings. The van der Waals surface area contributed by atoms with Gasteiger partial charge in [-0.1, -0.05) is 17.7 Å². The smallest absolute Gasteiger partial charge is 0.258 e. The topological polar surface area (TPSA) is 88.9 Å². The number of halogens is 2. The first kappa shape index (κ1) is 24.4. The number of amides is 1. The summed E-state index contributed by atoms with van der Waals surface area (Å²) in [6.07, 6.45) is 2.80. The van der Waals surface area contributed by atoms with Crippen LogP contribution < -0.4 is 5.32 Å². The minimum Gasteiger partial charge on any atom is -0.468 e. The summed E-state index contributed by atoms with van der Waals surface area (Å²) >= 11 is 6.09. The van der Waals surface area contributed by atoms with Gasteiger partial charge in [0.15, 0.2) is 0 Å². The van der Waals surface area contributed by atoms with Gasteiger partial charge in [-0.15, -0.1) is 0 Å². The second kappa shape index (κ2) is 10.3. The van der Waals surface area contributed by atoms with Crippen molar-refractivity contribution in [1.29, 1.82) is 0 Å². The number of hydrogen-bond acceptors (Lipinski definition) is 5. The van der Waals surface area contributed by atoms with Gasteiger partial charge in [0.1, 0.15) is 11.6 Å². The van der Waals surface area contributed by atoms with Gasteiger partial charge < -0.3 is 14.5 Å². The molecule has 0 spiro atoms. The lowest BCUT2D eigenvalue weighted by atomic mass is 10.2. The van der Waals surface area contributed by atoms with Crippen LogP contribution in [0.25, 0.3) is 0 Å². The molecular weight excluding hydrogens is 483 g/mol. The van der Waals surface area contributed by atoms with Gasteiger partial charge in [-0.2, -0.15) is 4.31 Å². The van der Waals surface area contributed by atoms with Gasteiger partial charge in [0.2, 0.25) is 10.0 Å². The minimum absolute atomic E-state index is 0.0179. The molecule has 1 atom stereocenters. The lowest BCUT2D eigenvalue weighted by Gasteiger charge is -2.24. The predicted octanol–water partition coefficient (Wildman–Crippen LogP) is 5.00. The standard InChI is InChI=1S/C24H24ClFN2O5S/c1-16-6-7-17(12-22(16)25)27-24(29)21-13-20(8-9-23(21)26)34(30,31)28(14-18-4-2-10-32-18)15-19-5-3-11-33-19/h2,4,6-10,12-13,19H,3,5,11,14-15H2,1H3,(H,27,29). The molecule has 1 aliphatic heterocycles. The molecule has 2 aromatic carbocycles. The van der Waals surface area contributed by atoms with Crippen molar-refractivity contribution in [3.05, 3.63) is 82.5 Å². The Hall–Kier alpha value is -2.72. The summed E-state index contributed by atoms with van der Waals surface area (Å²) in [4.78, 5) is 12.6. The number of benzene rings is 2. The molecule has 1 unspecified atom stereocenters. The molecule has 1 amide bonds. The Morgan fingerprint density at radius 3 is 2.74 bits per heavy atom. The Kier molecular flexibility index (Phi) is 7.37. The number of rotatable bonds is 8. The molecule has 180 valence electrons. The van der Waals surface area contributed by atoms with E-state index in [1.807, 2.05) is 6.92 Å². The molecule has 0 saturated carbocycles. The molecule has 7 nitrogen and oxygen atoms in total. The van der Waals surface area contributed by atoms with Gasteiger partial charge in [-0.25, -0.2) is 12.8 Å². The summed E-state index contributed by atoms with van der Waals surface area (Å²) in [6.45, 7) is 2.48. The summed E-state index contributed by atoms with van der Waals surface area (Å²) in [6, 6.07) is 11.4. The Balaban J connectivity index is 1.62. The average Bonchev–Trinajstić information content (AvgIpc) is 3.50. The van der Waals surface area contributed by atoms with Gasteiger partial charge >= 0.3 is 0 Å². The first-order valence-corrected chi connectivity index (χ1v) is 12.6. The van der Waals surface area contributed by atoms with Crippen molar-refractivity contribution >= 4 is 33.2 Å². The van der Waals surface area contributed by atoms with Crippen LogP contribution in [0.15, 0.2) is 64.1 Å². The van der Waals surface area contributed by atoms with Gasteiger partial charge in [0.05, 0.1) is 29.4 Å². The van der Waals surface area contributed by atoms with E-state index in [-0.39, 0.29) is 24.1 Å². The van der Waals surface area contributed by atoms with E-state index in [9.17, 15) is 17.6 Å². The highest BCUT2D eigenvalue weighted by atomic mass is 35.5.